The summed E-state index contributed by atoms with van der Waals surface area (Å²) >= 11 is 0. The Bertz CT molecular complexity index is 365. The molecule has 1 aromatic carbocycles. The van der Waals surface area contributed by atoms with Crippen LogP contribution in [0.15, 0.2) is 18.2 Å². The number of nitrogens with one attached hydrogen (secondary N) is 1. The van der Waals surface area contributed by atoms with Crippen LogP contribution < -0.4 is 5.32 Å². The van der Waals surface area contributed by atoms with Crippen LogP contribution in [0.5, 0.6) is 0 Å². The summed E-state index contributed by atoms with van der Waals surface area (Å²) in [5.74, 6) is -0.438. The molecular weight excluding hydrogens is 238 g/mol. The highest BCUT2D eigenvalue weighted by Gasteiger charge is 2.27. The van der Waals surface area contributed by atoms with Crippen LogP contribution in [-0.2, 0) is 4.74 Å². The van der Waals surface area contributed by atoms with Crippen molar-refractivity contribution in [2.45, 2.75) is 13.1 Å². The molecule has 1 rings (SSSR count). The first-order chi connectivity index (χ1) is 7.88. The standard InChI is InChI=1S/C11H13F4NO/c1-8-2-3-9(12)10(6-8)16-4-5-17-7-11(13,14)15/h2-3,6,16H,4-5,7H2,1H3. The fourth-order valence-electron chi connectivity index (χ4n) is 1.22. The smallest absolute Gasteiger partial charge is 0.380 e. The fourth-order valence-corrected chi connectivity index (χ4v) is 1.22. The van der Waals surface area contributed by atoms with Crippen LogP contribution >= 0.6 is 0 Å². The summed E-state index contributed by atoms with van der Waals surface area (Å²) in [4.78, 5) is 0. The van der Waals surface area contributed by atoms with E-state index in [1.54, 1.807) is 19.1 Å². The molecule has 0 bridgehead atoms. The van der Waals surface area contributed by atoms with E-state index in [-0.39, 0.29) is 18.8 Å². The minimum absolute atomic E-state index is 0.121. The number of hydrogen-bond donors (Lipinski definition) is 1. The molecule has 1 aromatic rings. The van der Waals surface area contributed by atoms with E-state index < -0.39 is 18.6 Å². The van der Waals surface area contributed by atoms with Gasteiger partial charge in [0.25, 0.3) is 0 Å². The summed E-state index contributed by atoms with van der Waals surface area (Å²) in [5.41, 5.74) is 1.13. The van der Waals surface area contributed by atoms with Gasteiger partial charge in [-0.15, -0.1) is 0 Å². The largest absolute Gasteiger partial charge is 0.411 e. The van der Waals surface area contributed by atoms with E-state index in [4.69, 9.17) is 0 Å². The van der Waals surface area contributed by atoms with Crippen LogP contribution in [0.3, 0.4) is 0 Å². The number of aryl methyl sites for hydroxylation is 1. The lowest BCUT2D eigenvalue weighted by Gasteiger charge is -2.10. The zero-order valence-corrected chi connectivity index (χ0v) is 9.27. The summed E-state index contributed by atoms with van der Waals surface area (Å²) < 4.78 is 52.7. The van der Waals surface area contributed by atoms with Gasteiger partial charge in [-0.3, -0.25) is 0 Å². The van der Waals surface area contributed by atoms with E-state index in [9.17, 15) is 17.6 Å². The van der Waals surface area contributed by atoms with Gasteiger partial charge < -0.3 is 10.1 Å². The molecule has 0 radical (unpaired) electrons. The second-order valence-electron chi connectivity index (χ2n) is 3.58. The molecule has 96 valence electrons. The van der Waals surface area contributed by atoms with Crippen molar-refractivity contribution in [3.63, 3.8) is 0 Å². The molecule has 1 N–H and O–H groups in total. The molecule has 2 nitrogen and oxygen atoms in total. The van der Waals surface area contributed by atoms with Gasteiger partial charge in [0, 0.05) is 6.54 Å². The topological polar surface area (TPSA) is 21.3 Å². The number of rotatable bonds is 5. The Hall–Kier alpha value is -1.30. The van der Waals surface area contributed by atoms with Gasteiger partial charge in [-0.25, -0.2) is 4.39 Å². The predicted molar refractivity (Wildman–Crippen MR) is 56.5 cm³/mol. The maximum Gasteiger partial charge on any atom is 0.411 e. The van der Waals surface area contributed by atoms with Crippen molar-refractivity contribution >= 4 is 5.69 Å². The third-order valence-electron chi connectivity index (χ3n) is 1.95. The Morgan fingerprint density at radius 3 is 2.65 bits per heavy atom. The zero-order chi connectivity index (χ0) is 12.9. The third-order valence-corrected chi connectivity index (χ3v) is 1.95. The number of hydrogen-bond acceptors (Lipinski definition) is 2. The van der Waals surface area contributed by atoms with Crippen LogP contribution in [0.1, 0.15) is 5.56 Å². The summed E-state index contributed by atoms with van der Waals surface area (Å²) in [6.07, 6.45) is -4.32. The van der Waals surface area contributed by atoms with Crippen molar-refractivity contribution in [2.24, 2.45) is 0 Å². The van der Waals surface area contributed by atoms with E-state index in [1.165, 1.54) is 6.07 Å². The molecule has 0 spiro atoms. The van der Waals surface area contributed by atoms with Gasteiger partial charge in [-0.05, 0) is 24.6 Å². The maximum absolute atomic E-state index is 13.2. The number of anilines is 1. The summed E-state index contributed by atoms with van der Waals surface area (Å²) in [6, 6.07) is 4.49. The molecule has 0 amide bonds. The normalized spacial score (nSPS) is 11.6. The molecule has 0 saturated carbocycles. The molecule has 0 heterocycles. The van der Waals surface area contributed by atoms with E-state index in [1.807, 2.05) is 0 Å². The van der Waals surface area contributed by atoms with Crippen LogP contribution in [-0.4, -0.2) is 25.9 Å². The van der Waals surface area contributed by atoms with Gasteiger partial charge in [0.15, 0.2) is 0 Å². The van der Waals surface area contributed by atoms with E-state index in [0.717, 1.165) is 5.56 Å². The first-order valence-electron chi connectivity index (χ1n) is 5.03. The highest BCUT2D eigenvalue weighted by Crippen LogP contribution is 2.16. The number of ether oxygens (including phenoxy) is 1. The van der Waals surface area contributed by atoms with Crippen molar-refractivity contribution in [2.75, 3.05) is 25.1 Å². The monoisotopic (exact) mass is 251 g/mol. The van der Waals surface area contributed by atoms with Gasteiger partial charge in [0.2, 0.25) is 0 Å². The van der Waals surface area contributed by atoms with Crippen molar-refractivity contribution < 1.29 is 22.3 Å². The second-order valence-corrected chi connectivity index (χ2v) is 3.58. The van der Waals surface area contributed by atoms with E-state index in [0.29, 0.717) is 0 Å². The Balaban J connectivity index is 2.29. The van der Waals surface area contributed by atoms with Crippen molar-refractivity contribution in [1.82, 2.24) is 0 Å². The highest BCUT2D eigenvalue weighted by molar-refractivity contribution is 5.46. The van der Waals surface area contributed by atoms with E-state index >= 15 is 0 Å². The Morgan fingerprint density at radius 2 is 2.00 bits per heavy atom. The van der Waals surface area contributed by atoms with Gasteiger partial charge in [-0.2, -0.15) is 13.2 Å². The van der Waals surface area contributed by atoms with Crippen molar-refractivity contribution in [1.29, 1.82) is 0 Å². The molecule has 0 aliphatic heterocycles. The van der Waals surface area contributed by atoms with E-state index in [2.05, 4.69) is 10.1 Å². The van der Waals surface area contributed by atoms with Gasteiger partial charge in [0.1, 0.15) is 12.4 Å². The molecule has 0 atom stereocenters. The molecule has 0 aliphatic rings. The van der Waals surface area contributed by atoms with Gasteiger partial charge in [-0.1, -0.05) is 6.07 Å². The molecular formula is C11H13F4NO. The number of alkyl halides is 3. The average Bonchev–Trinajstić information content (AvgIpc) is 2.21. The molecule has 0 saturated heterocycles. The van der Waals surface area contributed by atoms with Crippen LogP contribution in [0.25, 0.3) is 0 Å². The summed E-state index contributed by atoms with van der Waals surface area (Å²) in [7, 11) is 0. The second kappa shape index (κ2) is 5.86. The first-order valence-corrected chi connectivity index (χ1v) is 5.03. The lowest BCUT2D eigenvalue weighted by Crippen LogP contribution is -2.20. The Kier molecular flexibility index (Phi) is 4.74. The highest BCUT2D eigenvalue weighted by atomic mass is 19.4. The minimum Gasteiger partial charge on any atom is -0.380 e. The van der Waals surface area contributed by atoms with Crippen LogP contribution in [0.4, 0.5) is 23.2 Å². The Morgan fingerprint density at radius 1 is 1.29 bits per heavy atom. The predicted octanol–water partition coefficient (Wildman–Crippen LogP) is 3.12. The zero-order valence-electron chi connectivity index (χ0n) is 9.27. The average molecular weight is 251 g/mol. The number of halogens is 4. The first kappa shape index (κ1) is 13.8. The van der Waals surface area contributed by atoms with Crippen LogP contribution in [0.2, 0.25) is 0 Å². The van der Waals surface area contributed by atoms with Crippen molar-refractivity contribution in [3.8, 4) is 0 Å². The minimum atomic E-state index is -4.32. The molecule has 17 heavy (non-hydrogen) atoms. The van der Waals surface area contributed by atoms with Gasteiger partial charge in [0.05, 0.1) is 12.3 Å². The SMILES string of the molecule is Cc1ccc(F)c(NCCOCC(F)(F)F)c1. The van der Waals surface area contributed by atoms with Crippen LogP contribution in [0, 0.1) is 12.7 Å². The summed E-state index contributed by atoms with van der Waals surface area (Å²) in [6.45, 7) is 0.499. The summed E-state index contributed by atoms with van der Waals surface area (Å²) in [5, 5.41) is 2.67. The van der Waals surface area contributed by atoms with Gasteiger partial charge >= 0.3 is 6.18 Å². The third kappa shape index (κ3) is 5.53. The maximum atomic E-state index is 13.2. The number of benzene rings is 1. The molecule has 0 unspecified atom stereocenters. The molecule has 6 heteroatoms. The molecule has 0 fully saturated rings. The lowest BCUT2D eigenvalue weighted by atomic mass is 10.2. The Labute approximate surface area is 96.6 Å². The quantitative estimate of drug-likeness (QED) is 0.641. The molecule has 0 aromatic heterocycles. The molecule has 0 aliphatic carbocycles. The lowest BCUT2D eigenvalue weighted by molar-refractivity contribution is -0.172. The van der Waals surface area contributed by atoms with Crippen molar-refractivity contribution in [3.05, 3.63) is 29.6 Å². The fraction of sp³-hybridized carbons (Fsp3) is 0.455.